The smallest absolute Gasteiger partial charge is 0.269 e. The molecule has 0 saturated heterocycles. The van der Waals surface area contributed by atoms with Gasteiger partial charge in [-0.2, -0.15) is 0 Å². The van der Waals surface area contributed by atoms with Crippen molar-refractivity contribution in [1.29, 1.82) is 0 Å². The fourth-order valence-electron chi connectivity index (χ4n) is 1.09. The third kappa shape index (κ3) is 4.80. The van der Waals surface area contributed by atoms with Crippen LogP contribution < -0.4 is 11.1 Å². The Morgan fingerprint density at radius 3 is 2.41 bits per heavy atom. The first-order valence-corrected chi connectivity index (χ1v) is 4.77. The van der Waals surface area contributed by atoms with Crippen molar-refractivity contribution in [2.45, 2.75) is 19.5 Å². The van der Waals surface area contributed by atoms with Crippen LogP contribution in [-0.2, 0) is 11.3 Å². The SMILES string of the molecule is CC(N)C(=O)NCc1ccc([N+](=O)[O-])cc1.Cl. The first-order valence-electron chi connectivity index (χ1n) is 4.77. The maximum Gasteiger partial charge on any atom is 0.269 e. The highest BCUT2D eigenvalue weighted by Gasteiger charge is 2.07. The number of benzene rings is 1. The summed E-state index contributed by atoms with van der Waals surface area (Å²) in [5.41, 5.74) is 6.18. The molecule has 0 radical (unpaired) electrons. The van der Waals surface area contributed by atoms with Crippen LogP contribution >= 0.6 is 12.4 Å². The summed E-state index contributed by atoms with van der Waals surface area (Å²) in [5.74, 6) is -0.252. The van der Waals surface area contributed by atoms with Gasteiger partial charge in [-0.15, -0.1) is 12.4 Å². The normalized spacial score (nSPS) is 11.2. The molecule has 1 aromatic carbocycles. The highest BCUT2D eigenvalue weighted by molar-refractivity contribution is 5.85. The van der Waals surface area contributed by atoms with E-state index in [1.165, 1.54) is 12.1 Å². The lowest BCUT2D eigenvalue weighted by Gasteiger charge is -2.07. The summed E-state index contributed by atoms with van der Waals surface area (Å²) in [4.78, 5) is 21.1. The van der Waals surface area contributed by atoms with Crippen molar-refractivity contribution in [3.63, 3.8) is 0 Å². The summed E-state index contributed by atoms with van der Waals surface area (Å²) in [6.45, 7) is 1.91. The molecule has 1 unspecified atom stereocenters. The minimum absolute atomic E-state index is 0. The molecule has 17 heavy (non-hydrogen) atoms. The number of carbonyl (C=O) groups is 1. The Balaban J connectivity index is 0.00000256. The molecule has 0 aliphatic heterocycles. The second-order valence-corrected chi connectivity index (χ2v) is 3.43. The van der Waals surface area contributed by atoms with Crippen molar-refractivity contribution in [1.82, 2.24) is 5.32 Å². The number of carbonyl (C=O) groups excluding carboxylic acids is 1. The van der Waals surface area contributed by atoms with E-state index in [1.54, 1.807) is 19.1 Å². The summed E-state index contributed by atoms with van der Waals surface area (Å²) in [6.07, 6.45) is 0. The van der Waals surface area contributed by atoms with Crippen LogP contribution in [0.1, 0.15) is 12.5 Å². The summed E-state index contributed by atoms with van der Waals surface area (Å²) in [6, 6.07) is 5.43. The highest BCUT2D eigenvalue weighted by atomic mass is 35.5. The van der Waals surface area contributed by atoms with Crippen LogP contribution in [0, 0.1) is 10.1 Å². The molecule has 0 aliphatic carbocycles. The Hall–Kier alpha value is -1.66. The van der Waals surface area contributed by atoms with Crippen LogP contribution in [0.5, 0.6) is 0 Å². The maximum absolute atomic E-state index is 11.1. The Morgan fingerprint density at radius 2 is 2.00 bits per heavy atom. The van der Waals surface area contributed by atoms with Gasteiger partial charge in [-0.1, -0.05) is 12.1 Å². The Kier molecular flexibility index (Phi) is 6.16. The van der Waals surface area contributed by atoms with E-state index in [1.807, 2.05) is 0 Å². The second kappa shape index (κ2) is 6.82. The molecule has 6 nitrogen and oxygen atoms in total. The van der Waals surface area contributed by atoms with Crippen molar-refractivity contribution in [2.24, 2.45) is 5.73 Å². The predicted molar refractivity (Wildman–Crippen MR) is 65.8 cm³/mol. The van der Waals surface area contributed by atoms with Gasteiger partial charge in [0.15, 0.2) is 0 Å². The number of non-ortho nitro benzene ring substituents is 1. The van der Waals surface area contributed by atoms with E-state index in [2.05, 4.69) is 5.32 Å². The molecule has 0 heterocycles. The lowest BCUT2D eigenvalue weighted by atomic mass is 10.2. The Morgan fingerprint density at radius 1 is 1.47 bits per heavy atom. The highest BCUT2D eigenvalue weighted by Crippen LogP contribution is 2.11. The maximum atomic E-state index is 11.1. The van der Waals surface area contributed by atoms with E-state index in [4.69, 9.17) is 5.73 Å². The summed E-state index contributed by atoms with van der Waals surface area (Å²) < 4.78 is 0. The molecule has 1 atom stereocenters. The lowest BCUT2D eigenvalue weighted by Crippen LogP contribution is -2.37. The first-order chi connectivity index (χ1) is 7.50. The average molecular weight is 260 g/mol. The van der Waals surface area contributed by atoms with Crippen molar-refractivity contribution in [3.05, 3.63) is 39.9 Å². The molecule has 1 amide bonds. The van der Waals surface area contributed by atoms with E-state index in [0.29, 0.717) is 6.54 Å². The molecule has 0 aliphatic rings. The van der Waals surface area contributed by atoms with Gasteiger partial charge < -0.3 is 11.1 Å². The van der Waals surface area contributed by atoms with E-state index >= 15 is 0 Å². The van der Waals surface area contributed by atoms with Gasteiger partial charge in [0.1, 0.15) is 0 Å². The summed E-state index contributed by atoms with van der Waals surface area (Å²) in [5, 5.41) is 13.0. The van der Waals surface area contributed by atoms with Crippen LogP contribution in [-0.4, -0.2) is 16.9 Å². The fraction of sp³-hybridized carbons (Fsp3) is 0.300. The molecular formula is C10H14ClN3O3. The van der Waals surface area contributed by atoms with E-state index in [-0.39, 0.29) is 24.0 Å². The number of amides is 1. The lowest BCUT2D eigenvalue weighted by molar-refractivity contribution is -0.384. The summed E-state index contributed by atoms with van der Waals surface area (Å²) >= 11 is 0. The molecule has 0 spiro atoms. The Bertz CT molecular complexity index is 392. The third-order valence-electron chi connectivity index (χ3n) is 2.03. The number of hydrogen-bond acceptors (Lipinski definition) is 4. The minimum atomic E-state index is -0.557. The molecular weight excluding hydrogens is 246 g/mol. The number of nitro groups is 1. The number of nitrogens with two attached hydrogens (primary N) is 1. The van der Waals surface area contributed by atoms with Crippen molar-refractivity contribution in [3.8, 4) is 0 Å². The van der Waals surface area contributed by atoms with Crippen LogP contribution in [0.25, 0.3) is 0 Å². The van der Waals surface area contributed by atoms with Gasteiger partial charge in [-0.3, -0.25) is 14.9 Å². The number of nitro benzene ring substituents is 1. The van der Waals surface area contributed by atoms with Gasteiger partial charge in [-0.25, -0.2) is 0 Å². The zero-order valence-electron chi connectivity index (χ0n) is 9.25. The van der Waals surface area contributed by atoms with Crippen LogP contribution in [0.3, 0.4) is 0 Å². The van der Waals surface area contributed by atoms with Crippen LogP contribution in [0.4, 0.5) is 5.69 Å². The predicted octanol–water partition coefficient (Wildman–Crippen LogP) is 0.980. The van der Waals surface area contributed by atoms with E-state index < -0.39 is 11.0 Å². The number of nitrogens with one attached hydrogen (secondary N) is 1. The fourth-order valence-corrected chi connectivity index (χ4v) is 1.09. The minimum Gasteiger partial charge on any atom is -0.351 e. The number of rotatable bonds is 4. The van der Waals surface area contributed by atoms with Gasteiger partial charge in [-0.05, 0) is 12.5 Å². The van der Waals surface area contributed by atoms with Crippen molar-refractivity contribution in [2.75, 3.05) is 0 Å². The second-order valence-electron chi connectivity index (χ2n) is 3.43. The quantitative estimate of drug-likeness (QED) is 0.622. The molecule has 94 valence electrons. The molecule has 0 saturated carbocycles. The zero-order valence-corrected chi connectivity index (χ0v) is 10.1. The largest absolute Gasteiger partial charge is 0.351 e. The topological polar surface area (TPSA) is 98.3 Å². The standard InChI is InChI=1S/C10H13N3O3.ClH/c1-7(11)10(14)12-6-8-2-4-9(5-3-8)13(15)16;/h2-5,7H,6,11H2,1H3,(H,12,14);1H. The molecule has 0 fully saturated rings. The molecule has 1 rings (SSSR count). The zero-order chi connectivity index (χ0) is 12.1. The molecule has 7 heteroatoms. The average Bonchev–Trinajstić information content (AvgIpc) is 2.26. The van der Waals surface area contributed by atoms with Gasteiger partial charge in [0.05, 0.1) is 11.0 Å². The molecule has 0 bridgehead atoms. The third-order valence-corrected chi connectivity index (χ3v) is 2.03. The van der Waals surface area contributed by atoms with E-state index in [0.717, 1.165) is 5.56 Å². The summed E-state index contributed by atoms with van der Waals surface area (Å²) in [7, 11) is 0. The number of nitrogens with zero attached hydrogens (tertiary/aromatic N) is 1. The van der Waals surface area contributed by atoms with Crippen LogP contribution in [0.15, 0.2) is 24.3 Å². The van der Waals surface area contributed by atoms with Crippen molar-refractivity contribution >= 4 is 24.0 Å². The van der Waals surface area contributed by atoms with Gasteiger partial charge >= 0.3 is 0 Å². The van der Waals surface area contributed by atoms with Gasteiger partial charge in [0.2, 0.25) is 5.91 Å². The molecule has 0 aromatic heterocycles. The van der Waals surface area contributed by atoms with E-state index in [9.17, 15) is 14.9 Å². The monoisotopic (exact) mass is 259 g/mol. The first kappa shape index (κ1) is 15.3. The van der Waals surface area contributed by atoms with Crippen molar-refractivity contribution < 1.29 is 9.72 Å². The van der Waals surface area contributed by atoms with Gasteiger partial charge in [0, 0.05) is 18.7 Å². The molecule has 1 aromatic rings. The van der Waals surface area contributed by atoms with Gasteiger partial charge in [0.25, 0.3) is 5.69 Å². The number of halogens is 1. The van der Waals surface area contributed by atoms with Crippen LogP contribution in [0.2, 0.25) is 0 Å². The number of hydrogen-bond donors (Lipinski definition) is 2. The molecule has 3 N–H and O–H groups in total. The Labute approximate surface area is 105 Å².